The molecule has 0 amide bonds. The predicted octanol–water partition coefficient (Wildman–Crippen LogP) is 7.08. The second-order valence-electron chi connectivity index (χ2n) is 8.17. The number of ether oxygens (including phenoxy) is 1. The number of hydrogen-bond donors (Lipinski definition) is 0. The standard InChI is InChI=1S/C25H28F3NO/c1-2-3-18-4-7-20(8-5-18)21-10-12-23(13-11-21)25(27,28)30-15-14-19-6-9-22(17-29)24(26)16-19/h6,9-13,16,18,20H,2-5,7-8,14-15H2,1H3/t18-,20-. The van der Waals surface area contributed by atoms with Crippen LogP contribution in [0.4, 0.5) is 13.2 Å². The van der Waals surface area contributed by atoms with E-state index < -0.39 is 11.9 Å². The summed E-state index contributed by atoms with van der Waals surface area (Å²) in [6.45, 7) is 1.97. The molecule has 2 aromatic rings. The third-order valence-corrected chi connectivity index (χ3v) is 6.09. The molecule has 3 rings (SSSR count). The van der Waals surface area contributed by atoms with Crippen LogP contribution in [0.1, 0.15) is 73.6 Å². The van der Waals surface area contributed by atoms with E-state index in [0.29, 0.717) is 11.5 Å². The molecule has 0 saturated heterocycles. The summed E-state index contributed by atoms with van der Waals surface area (Å²) in [6.07, 6.45) is 3.92. The Morgan fingerprint density at radius 3 is 2.37 bits per heavy atom. The van der Waals surface area contributed by atoms with Gasteiger partial charge >= 0.3 is 6.11 Å². The van der Waals surface area contributed by atoms with E-state index in [1.165, 1.54) is 49.9 Å². The molecule has 0 aliphatic heterocycles. The summed E-state index contributed by atoms with van der Waals surface area (Å²) in [4.78, 5) is 0. The van der Waals surface area contributed by atoms with E-state index in [9.17, 15) is 13.2 Å². The van der Waals surface area contributed by atoms with Crippen LogP contribution in [0.15, 0.2) is 42.5 Å². The Kier molecular flexibility index (Phi) is 7.55. The lowest BCUT2D eigenvalue weighted by atomic mass is 9.77. The van der Waals surface area contributed by atoms with Crippen molar-refractivity contribution in [3.05, 3.63) is 70.5 Å². The Balaban J connectivity index is 1.53. The first-order valence-electron chi connectivity index (χ1n) is 10.7. The predicted molar refractivity (Wildman–Crippen MR) is 111 cm³/mol. The third kappa shape index (κ3) is 5.64. The molecule has 0 bridgehead atoms. The number of nitrogens with zero attached hydrogens (tertiary/aromatic N) is 1. The van der Waals surface area contributed by atoms with Crippen LogP contribution in [0.25, 0.3) is 0 Å². The van der Waals surface area contributed by atoms with Gasteiger partial charge in [0.25, 0.3) is 0 Å². The average molecular weight is 415 g/mol. The molecule has 1 fully saturated rings. The van der Waals surface area contributed by atoms with Gasteiger partial charge in [-0.25, -0.2) is 4.39 Å². The van der Waals surface area contributed by atoms with Crippen molar-refractivity contribution in [2.24, 2.45) is 5.92 Å². The lowest BCUT2D eigenvalue weighted by Gasteiger charge is -2.29. The van der Waals surface area contributed by atoms with Crippen molar-refractivity contribution in [3.63, 3.8) is 0 Å². The highest BCUT2D eigenvalue weighted by atomic mass is 19.3. The van der Waals surface area contributed by atoms with Crippen LogP contribution in [0.5, 0.6) is 0 Å². The largest absolute Gasteiger partial charge is 0.383 e. The minimum Gasteiger partial charge on any atom is -0.316 e. The highest BCUT2D eigenvalue weighted by Gasteiger charge is 2.33. The molecule has 0 spiro atoms. The summed E-state index contributed by atoms with van der Waals surface area (Å²) in [7, 11) is 0. The molecule has 30 heavy (non-hydrogen) atoms. The summed E-state index contributed by atoms with van der Waals surface area (Å²) in [5.41, 5.74) is 1.40. The van der Waals surface area contributed by atoms with Crippen LogP contribution < -0.4 is 0 Å². The molecule has 1 aliphatic carbocycles. The maximum absolute atomic E-state index is 14.4. The van der Waals surface area contributed by atoms with Gasteiger partial charge in [-0.1, -0.05) is 50.1 Å². The van der Waals surface area contributed by atoms with Crippen LogP contribution in [-0.4, -0.2) is 6.61 Å². The SMILES string of the molecule is CCC[C@H]1CC[C@H](c2ccc(C(F)(F)OCCc3ccc(C#N)c(F)c3)cc2)CC1. The topological polar surface area (TPSA) is 33.0 Å². The van der Waals surface area contributed by atoms with Gasteiger partial charge in [0.2, 0.25) is 0 Å². The normalized spacial score (nSPS) is 19.4. The van der Waals surface area contributed by atoms with Gasteiger partial charge < -0.3 is 4.74 Å². The molecule has 1 aliphatic rings. The zero-order valence-corrected chi connectivity index (χ0v) is 17.3. The second-order valence-corrected chi connectivity index (χ2v) is 8.17. The van der Waals surface area contributed by atoms with E-state index in [4.69, 9.17) is 10.00 Å². The van der Waals surface area contributed by atoms with Gasteiger partial charge in [-0.05, 0) is 67.2 Å². The van der Waals surface area contributed by atoms with Crippen LogP contribution in [0, 0.1) is 23.1 Å². The fourth-order valence-electron chi connectivity index (χ4n) is 4.33. The van der Waals surface area contributed by atoms with Gasteiger partial charge in [0.1, 0.15) is 11.9 Å². The molecule has 0 N–H and O–H groups in total. The van der Waals surface area contributed by atoms with E-state index in [2.05, 4.69) is 6.92 Å². The third-order valence-electron chi connectivity index (χ3n) is 6.09. The molecular formula is C25H28F3NO. The number of alkyl halides is 2. The maximum Gasteiger partial charge on any atom is 0.383 e. The minimum absolute atomic E-state index is 0.0658. The number of nitriles is 1. The van der Waals surface area contributed by atoms with Crippen LogP contribution in [0.3, 0.4) is 0 Å². The molecule has 5 heteroatoms. The highest BCUT2D eigenvalue weighted by Crippen LogP contribution is 2.38. The Morgan fingerprint density at radius 2 is 1.77 bits per heavy atom. The first kappa shape index (κ1) is 22.4. The molecule has 0 heterocycles. The Morgan fingerprint density at radius 1 is 1.07 bits per heavy atom. The Bertz CT molecular complexity index is 865. The molecule has 0 atom stereocenters. The maximum atomic E-state index is 14.4. The van der Waals surface area contributed by atoms with Crippen molar-refractivity contribution >= 4 is 0 Å². The van der Waals surface area contributed by atoms with Gasteiger partial charge in [0, 0.05) is 0 Å². The van der Waals surface area contributed by atoms with Crippen molar-refractivity contribution < 1.29 is 17.9 Å². The van der Waals surface area contributed by atoms with Gasteiger partial charge in [0.15, 0.2) is 0 Å². The molecule has 0 aromatic heterocycles. The summed E-state index contributed by atoms with van der Waals surface area (Å²) < 4.78 is 47.3. The van der Waals surface area contributed by atoms with Crippen molar-refractivity contribution in [2.75, 3.05) is 6.61 Å². The Hall–Kier alpha value is -2.32. The molecular weight excluding hydrogens is 387 g/mol. The fraction of sp³-hybridized carbons (Fsp3) is 0.480. The van der Waals surface area contributed by atoms with Crippen molar-refractivity contribution in [1.82, 2.24) is 0 Å². The van der Waals surface area contributed by atoms with Crippen molar-refractivity contribution in [2.45, 2.75) is 63.9 Å². The lowest BCUT2D eigenvalue weighted by Crippen LogP contribution is -2.20. The average Bonchev–Trinajstić information content (AvgIpc) is 2.75. The fourth-order valence-corrected chi connectivity index (χ4v) is 4.33. The highest BCUT2D eigenvalue weighted by molar-refractivity contribution is 5.33. The summed E-state index contributed by atoms with van der Waals surface area (Å²) in [5, 5.41) is 8.74. The first-order valence-corrected chi connectivity index (χ1v) is 10.7. The van der Waals surface area contributed by atoms with Crippen LogP contribution in [-0.2, 0) is 17.3 Å². The monoisotopic (exact) mass is 415 g/mol. The molecule has 0 radical (unpaired) electrons. The minimum atomic E-state index is -3.40. The zero-order valence-electron chi connectivity index (χ0n) is 17.3. The van der Waals surface area contributed by atoms with E-state index in [0.717, 1.165) is 24.3 Å². The summed E-state index contributed by atoms with van der Waals surface area (Å²) in [5.74, 6) is 0.613. The van der Waals surface area contributed by atoms with Crippen LogP contribution >= 0.6 is 0 Å². The first-order chi connectivity index (χ1) is 14.4. The van der Waals surface area contributed by atoms with E-state index in [1.54, 1.807) is 24.3 Å². The van der Waals surface area contributed by atoms with E-state index in [1.807, 2.05) is 0 Å². The molecule has 160 valence electrons. The van der Waals surface area contributed by atoms with E-state index in [-0.39, 0.29) is 24.2 Å². The van der Waals surface area contributed by atoms with Crippen molar-refractivity contribution in [3.8, 4) is 6.07 Å². The van der Waals surface area contributed by atoms with Gasteiger partial charge in [-0.3, -0.25) is 0 Å². The van der Waals surface area contributed by atoms with Gasteiger partial charge in [0.05, 0.1) is 17.7 Å². The van der Waals surface area contributed by atoms with E-state index >= 15 is 0 Å². The quantitative estimate of drug-likeness (QED) is 0.461. The second kappa shape index (κ2) is 10.1. The molecule has 1 saturated carbocycles. The smallest absolute Gasteiger partial charge is 0.316 e. The lowest BCUT2D eigenvalue weighted by molar-refractivity contribution is -0.248. The number of benzene rings is 2. The Labute approximate surface area is 176 Å². The number of halogens is 3. The van der Waals surface area contributed by atoms with Gasteiger partial charge in [-0.2, -0.15) is 14.0 Å². The van der Waals surface area contributed by atoms with Crippen molar-refractivity contribution in [1.29, 1.82) is 5.26 Å². The van der Waals surface area contributed by atoms with Gasteiger partial charge in [-0.15, -0.1) is 0 Å². The number of rotatable bonds is 8. The van der Waals surface area contributed by atoms with Crippen LogP contribution in [0.2, 0.25) is 0 Å². The number of hydrogen-bond acceptors (Lipinski definition) is 2. The molecule has 0 unspecified atom stereocenters. The molecule has 2 aromatic carbocycles. The summed E-state index contributed by atoms with van der Waals surface area (Å²) in [6, 6.07) is 12.3. The summed E-state index contributed by atoms with van der Waals surface area (Å²) >= 11 is 0. The zero-order chi connectivity index (χ0) is 21.6. The molecule has 2 nitrogen and oxygen atoms in total.